The van der Waals surface area contributed by atoms with Crippen LogP contribution in [0.2, 0.25) is 0 Å². The van der Waals surface area contributed by atoms with E-state index in [2.05, 4.69) is 5.32 Å². The number of methoxy groups -OCH3 is 1. The summed E-state index contributed by atoms with van der Waals surface area (Å²) in [4.78, 5) is 12.0. The van der Waals surface area contributed by atoms with E-state index < -0.39 is 6.10 Å². The summed E-state index contributed by atoms with van der Waals surface area (Å²) in [5, 5.41) is 13.2. The SMILES string of the molecule is COCC(O)c1cc(C)c2c(c1)C(NC(=O)C(C)C)CCO2. The number of hydrogen-bond donors (Lipinski definition) is 2. The summed E-state index contributed by atoms with van der Waals surface area (Å²) >= 11 is 0. The highest BCUT2D eigenvalue weighted by Crippen LogP contribution is 2.37. The lowest BCUT2D eigenvalue weighted by Crippen LogP contribution is -2.35. The Hall–Kier alpha value is -1.59. The number of benzene rings is 1. The molecule has 2 rings (SSSR count). The molecule has 2 N–H and O–H groups in total. The summed E-state index contributed by atoms with van der Waals surface area (Å²) in [5.41, 5.74) is 2.68. The molecule has 1 heterocycles. The molecule has 5 nitrogen and oxygen atoms in total. The standard InChI is InChI=1S/C17H25NO4/c1-10(2)17(20)18-14-5-6-22-16-11(3)7-12(8-13(14)16)15(19)9-21-4/h7-8,10,14-15,19H,5-6,9H2,1-4H3,(H,18,20). The molecule has 2 atom stereocenters. The number of rotatable bonds is 5. The molecule has 122 valence electrons. The minimum Gasteiger partial charge on any atom is -0.493 e. The number of aliphatic hydroxyl groups excluding tert-OH is 1. The zero-order valence-corrected chi connectivity index (χ0v) is 13.7. The molecule has 5 heteroatoms. The molecule has 1 aliphatic heterocycles. The maximum atomic E-state index is 12.0. The van der Waals surface area contributed by atoms with E-state index in [4.69, 9.17) is 9.47 Å². The lowest BCUT2D eigenvalue weighted by Gasteiger charge is -2.29. The van der Waals surface area contributed by atoms with Crippen molar-refractivity contribution in [3.8, 4) is 5.75 Å². The van der Waals surface area contributed by atoms with Crippen LogP contribution in [0, 0.1) is 12.8 Å². The first kappa shape index (κ1) is 16.8. The molecule has 0 spiro atoms. The second-order valence-electron chi connectivity index (χ2n) is 6.08. The maximum absolute atomic E-state index is 12.0. The lowest BCUT2D eigenvalue weighted by molar-refractivity contribution is -0.124. The number of aliphatic hydroxyl groups is 1. The molecule has 0 saturated heterocycles. The van der Waals surface area contributed by atoms with Crippen LogP contribution >= 0.6 is 0 Å². The van der Waals surface area contributed by atoms with Crippen molar-refractivity contribution in [2.75, 3.05) is 20.3 Å². The van der Waals surface area contributed by atoms with Crippen molar-refractivity contribution in [2.24, 2.45) is 5.92 Å². The molecule has 1 amide bonds. The van der Waals surface area contributed by atoms with Crippen LogP contribution in [0.25, 0.3) is 0 Å². The second kappa shape index (κ2) is 7.11. The molecular weight excluding hydrogens is 282 g/mol. The van der Waals surface area contributed by atoms with Gasteiger partial charge in [0.05, 0.1) is 19.3 Å². The van der Waals surface area contributed by atoms with Gasteiger partial charge in [0.2, 0.25) is 5.91 Å². The van der Waals surface area contributed by atoms with Crippen LogP contribution in [-0.2, 0) is 9.53 Å². The lowest BCUT2D eigenvalue weighted by atomic mass is 9.93. The molecule has 2 unspecified atom stereocenters. The van der Waals surface area contributed by atoms with Crippen LogP contribution in [0.4, 0.5) is 0 Å². The van der Waals surface area contributed by atoms with Crippen molar-refractivity contribution in [3.63, 3.8) is 0 Å². The van der Waals surface area contributed by atoms with Crippen LogP contribution in [0.15, 0.2) is 12.1 Å². The first-order valence-corrected chi connectivity index (χ1v) is 7.68. The molecule has 1 aliphatic rings. The van der Waals surface area contributed by atoms with Gasteiger partial charge in [0.25, 0.3) is 0 Å². The Morgan fingerprint density at radius 3 is 2.86 bits per heavy atom. The molecule has 0 radical (unpaired) electrons. The summed E-state index contributed by atoms with van der Waals surface area (Å²) in [6, 6.07) is 3.75. The zero-order valence-electron chi connectivity index (χ0n) is 13.7. The van der Waals surface area contributed by atoms with Gasteiger partial charge in [0.15, 0.2) is 0 Å². The topological polar surface area (TPSA) is 67.8 Å². The Bertz CT molecular complexity index is 542. The number of hydrogen-bond acceptors (Lipinski definition) is 4. The monoisotopic (exact) mass is 307 g/mol. The van der Waals surface area contributed by atoms with Crippen molar-refractivity contribution >= 4 is 5.91 Å². The van der Waals surface area contributed by atoms with Gasteiger partial charge in [-0.05, 0) is 30.2 Å². The minimum absolute atomic E-state index is 0.0262. The third kappa shape index (κ3) is 3.59. The van der Waals surface area contributed by atoms with Crippen molar-refractivity contribution in [3.05, 3.63) is 28.8 Å². The number of nitrogens with one attached hydrogen (secondary N) is 1. The molecule has 0 aliphatic carbocycles. The normalized spacial score (nSPS) is 18.5. The van der Waals surface area contributed by atoms with Gasteiger partial charge < -0.3 is 19.9 Å². The fourth-order valence-corrected chi connectivity index (χ4v) is 2.66. The van der Waals surface area contributed by atoms with Crippen molar-refractivity contribution in [1.29, 1.82) is 0 Å². The quantitative estimate of drug-likeness (QED) is 0.875. The van der Waals surface area contributed by atoms with E-state index in [0.29, 0.717) is 6.61 Å². The van der Waals surface area contributed by atoms with Crippen molar-refractivity contribution in [2.45, 2.75) is 39.3 Å². The van der Waals surface area contributed by atoms with Crippen LogP contribution < -0.4 is 10.1 Å². The molecule has 0 aromatic heterocycles. The van der Waals surface area contributed by atoms with E-state index >= 15 is 0 Å². The highest BCUT2D eigenvalue weighted by atomic mass is 16.5. The number of carbonyl (C=O) groups excluding carboxylic acids is 1. The van der Waals surface area contributed by atoms with Gasteiger partial charge in [0.1, 0.15) is 11.9 Å². The molecule has 0 saturated carbocycles. The van der Waals surface area contributed by atoms with Crippen molar-refractivity contribution < 1.29 is 19.4 Å². The predicted molar refractivity (Wildman–Crippen MR) is 83.8 cm³/mol. The predicted octanol–water partition coefficient (Wildman–Crippen LogP) is 2.27. The molecular formula is C17H25NO4. The van der Waals surface area contributed by atoms with Gasteiger partial charge in [-0.15, -0.1) is 0 Å². The Kier molecular flexibility index (Phi) is 5.42. The van der Waals surface area contributed by atoms with E-state index in [1.54, 1.807) is 7.11 Å². The Balaban J connectivity index is 2.33. The zero-order chi connectivity index (χ0) is 16.3. The van der Waals surface area contributed by atoms with Gasteiger partial charge >= 0.3 is 0 Å². The molecule has 22 heavy (non-hydrogen) atoms. The molecule has 0 bridgehead atoms. The van der Waals surface area contributed by atoms with Gasteiger partial charge in [-0.2, -0.15) is 0 Å². The Morgan fingerprint density at radius 2 is 2.23 bits per heavy atom. The van der Waals surface area contributed by atoms with E-state index in [0.717, 1.165) is 28.9 Å². The average molecular weight is 307 g/mol. The molecule has 1 aromatic rings. The smallest absolute Gasteiger partial charge is 0.223 e. The third-order valence-corrected chi connectivity index (χ3v) is 3.90. The van der Waals surface area contributed by atoms with Crippen molar-refractivity contribution in [1.82, 2.24) is 5.32 Å². The fourth-order valence-electron chi connectivity index (χ4n) is 2.66. The number of carbonyl (C=O) groups is 1. The van der Waals surface area contributed by atoms with Gasteiger partial charge in [-0.3, -0.25) is 4.79 Å². The Morgan fingerprint density at radius 1 is 1.50 bits per heavy atom. The first-order chi connectivity index (χ1) is 10.4. The van der Waals surface area contributed by atoms with E-state index in [9.17, 15) is 9.90 Å². The number of amides is 1. The van der Waals surface area contributed by atoms with Gasteiger partial charge in [-0.25, -0.2) is 0 Å². The minimum atomic E-state index is -0.683. The highest BCUT2D eigenvalue weighted by Gasteiger charge is 2.26. The van der Waals surface area contributed by atoms with Gasteiger partial charge in [0, 0.05) is 25.0 Å². The summed E-state index contributed by atoms with van der Waals surface area (Å²) in [7, 11) is 1.56. The summed E-state index contributed by atoms with van der Waals surface area (Å²) in [6.07, 6.45) is 0.0479. The average Bonchev–Trinajstić information content (AvgIpc) is 2.48. The van der Waals surface area contributed by atoms with Crippen LogP contribution in [0.3, 0.4) is 0 Å². The van der Waals surface area contributed by atoms with Crippen LogP contribution in [0.1, 0.15) is 49.1 Å². The number of aryl methyl sites for hydroxylation is 1. The van der Waals surface area contributed by atoms with E-state index in [1.807, 2.05) is 32.9 Å². The summed E-state index contributed by atoms with van der Waals surface area (Å²) in [6.45, 7) is 6.52. The number of ether oxygens (including phenoxy) is 2. The largest absolute Gasteiger partial charge is 0.493 e. The molecule has 0 fully saturated rings. The van der Waals surface area contributed by atoms with Crippen LogP contribution in [-0.4, -0.2) is 31.3 Å². The second-order valence-corrected chi connectivity index (χ2v) is 6.08. The summed E-state index contributed by atoms with van der Waals surface area (Å²) in [5.74, 6) is 0.779. The summed E-state index contributed by atoms with van der Waals surface area (Å²) < 4.78 is 10.8. The van der Waals surface area contributed by atoms with E-state index in [1.165, 1.54) is 0 Å². The Labute approximate surface area is 131 Å². The fraction of sp³-hybridized carbons (Fsp3) is 0.588. The molecule has 1 aromatic carbocycles. The van der Waals surface area contributed by atoms with Crippen LogP contribution in [0.5, 0.6) is 5.75 Å². The van der Waals surface area contributed by atoms with Gasteiger partial charge in [-0.1, -0.05) is 13.8 Å². The number of fused-ring (bicyclic) bond motifs is 1. The first-order valence-electron chi connectivity index (χ1n) is 7.68. The van der Waals surface area contributed by atoms with E-state index in [-0.39, 0.29) is 24.5 Å². The maximum Gasteiger partial charge on any atom is 0.223 e. The third-order valence-electron chi connectivity index (χ3n) is 3.90. The highest BCUT2D eigenvalue weighted by molar-refractivity contribution is 5.78.